The number of para-hydroxylation sites is 1. The molecule has 1 aromatic carbocycles. The van der Waals surface area contributed by atoms with Crippen LogP contribution in [0, 0.1) is 29.5 Å². The average Bonchev–Trinajstić information content (AvgIpc) is 2.53. The number of hydrogen-bond donors (Lipinski definition) is 1. The number of carbonyl (C=O) groups excluding carboxylic acids is 1. The molecule has 0 unspecified atom stereocenters. The van der Waals surface area contributed by atoms with E-state index in [1.165, 1.54) is 49.9 Å². The van der Waals surface area contributed by atoms with Gasteiger partial charge in [0.1, 0.15) is 0 Å². The highest BCUT2D eigenvalue weighted by atomic mass is 19.1. The zero-order chi connectivity index (χ0) is 15.8. The predicted octanol–water partition coefficient (Wildman–Crippen LogP) is 3.13. The first kappa shape index (κ1) is 14.7. The van der Waals surface area contributed by atoms with E-state index < -0.39 is 5.82 Å². The van der Waals surface area contributed by atoms with Crippen molar-refractivity contribution in [3.63, 3.8) is 0 Å². The number of carbonyl (C=O) groups is 1. The molecule has 1 aromatic rings. The van der Waals surface area contributed by atoms with Crippen LogP contribution in [0.15, 0.2) is 29.4 Å². The summed E-state index contributed by atoms with van der Waals surface area (Å²) in [7, 11) is 0. The average molecular weight is 316 g/mol. The van der Waals surface area contributed by atoms with Crippen molar-refractivity contribution >= 4 is 11.6 Å². The maximum atomic E-state index is 13.4. The summed E-state index contributed by atoms with van der Waals surface area (Å²) in [5.74, 6) is 2.14. The fraction of sp³-hybridized carbons (Fsp3) is 0.556. The van der Waals surface area contributed by atoms with Gasteiger partial charge in [-0.05, 0) is 67.9 Å². The molecule has 5 rings (SSSR count). The Kier molecular flexibility index (Phi) is 3.79. The van der Waals surface area contributed by atoms with Gasteiger partial charge < -0.3 is 4.74 Å². The number of halogens is 1. The highest BCUT2D eigenvalue weighted by molar-refractivity contribution is 5.92. The summed E-state index contributed by atoms with van der Waals surface area (Å²) in [6.07, 6.45) is 6.31. The molecule has 4 nitrogen and oxygen atoms in total. The van der Waals surface area contributed by atoms with Crippen LogP contribution in [-0.2, 0) is 4.79 Å². The predicted molar refractivity (Wildman–Crippen MR) is 84.5 cm³/mol. The number of nitrogens with zero attached hydrogens (tertiary/aromatic N) is 1. The third kappa shape index (κ3) is 2.96. The van der Waals surface area contributed by atoms with Gasteiger partial charge in [0.2, 0.25) is 0 Å². The first-order chi connectivity index (χ1) is 11.2. The van der Waals surface area contributed by atoms with Gasteiger partial charge in [0.05, 0.1) is 0 Å². The molecular formula is C18H21FN2O2. The molecule has 122 valence electrons. The van der Waals surface area contributed by atoms with Gasteiger partial charge in [-0.1, -0.05) is 12.1 Å². The summed E-state index contributed by atoms with van der Waals surface area (Å²) >= 11 is 0. The minimum Gasteiger partial charge on any atom is -0.481 e. The van der Waals surface area contributed by atoms with Gasteiger partial charge in [-0.2, -0.15) is 5.10 Å². The molecule has 1 amide bonds. The monoisotopic (exact) mass is 316 g/mol. The first-order valence-electron chi connectivity index (χ1n) is 8.42. The Hall–Kier alpha value is -1.91. The van der Waals surface area contributed by atoms with Gasteiger partial charge >= 0.3 is 0 Å². The zero-order valence-electron chi connectivity index (χ0n) is 13.0. The Morgan fingerprint density at radius 2 is 1.78 bits per heavy atom. The van der Waals surface area contributed by atoms with Crippen LogP contribution < -0.4 is 10.2 Å². The number of rotatable bonds is 4. The van der Waals surface area contributed by atoms with Crippen LogP contribution in [0.4, 0.5) is 4.39 Å². The second kappa shape index (κ2) is 5.95. The molecule has 4 saturated carbocycles. The third-order valence-electron chi connectivity index (χ3n) is 5.48. The lowest BCUT2D eigenvalue weighted by atomic mass is 9.55. The van der Waals surface area contributed by atoms with E-state index in [0.717, 1.165) is 11.8 Å². The molecule has 0 aromatic heterocycles. The molecule has 5 heteroatoms. The molecule has 0 atom stereocenters. The largest absolute Gasteiger partial charge is 0.481 e. The number of nitrogens with one attached hydrogen (secondary N) is 1. The molecule has 4 fully saturated rings. The molecule has 0 spiro atoms. The molecular weight excluding hydrogens is 295 g/mol. The highest BCUT2D eigenvalue weighted by Crippen LogP contribution is 2.52. The van der Waals surface area contributed by atoms with Crippen LogP contribution in [0.1, 0.15) is 32.1 Å². The Morgan fingerprint density at radius 3 is 2.43 bits per heavy atom. The quantitative estimate of drug-likeness (QED) is 0.868. The fourth-order valence-electron chi connectivity index (χ4n) is 4.71. The van der Waals surface area contributed by atoms with E-state index in [2.05, 4.69) is 10.5 Å². The van der Waals surface area contributed by atoms with Crippen LogP contribution in [-0.4, -0.2) is 18.2 Å². The van der Waals surface area contributed by atoms with E-state index in [1.54, 1.807) is 12.1 Å². The maximum absolute atomic E-state index is 13.4. The molecule has 1 N–H and O–H groups in total. The van der Waals surface area contributed by atoms with Gasteiger partial charge in [-0.15, -0.1) is 0 Å². The van der Waals surface area contributed by atoms with E-state index in [1.807, 2.05) is 0 Å². The Labute approximate surface area is 135 Å². The molecule has 0 aliphatic heterocycles. The van der Waals surface area contributed by atoms with Gasteiger partial charge in [0, 0.05) is 5.71 Å². The maximum Gasteiger partial charge on any atom is 0.277 e. The van der Waals surface area contributed by atoms with Gasteiger partial charge in [0.25, 0.3) is 5.91 Å². The van der Waals surface area contributed by atoms with Crippen molar-refractivity contribution in [3.8, 4) is 5.75 Å². The third-order valence-corrected chi connectivity index (χ3v) is 5.48. The Morgan fingerprint density at radius 1 is 1.13 bits per heavy atom. The van der Waals surface area contributed by atoms with Crippen LogP contribution in [0.2, 0.25) is 0 Å². The van der Waals surface area contributed by atoms with Gasteiger partial charge in [0.15, 0.2) is 18.2 Å². The van der Waals surface area contributed by atoms with E-state index in [0.29, 0.717) is 11.8 Å². The van der Waals surface area contributed by atoms with E-state index in [-0.39, 0.29) is 18.3 Å². The van der Waals surface area contributed by atoms with Crippen molar-refractivity contribution in [1.82, 2.24) is 5.43 Å². The van der Waals surface area contributed by atoms with E-state index in [9.17, 15) is 9.18 Å². The summed E-state index contributed by atoms with van der Waals surface area (Å²) in [6.45, 7) is -0.224. The number of amides is 1. The molecule has 4 aliphatic carbocycles. The molecule has 23 heavy (non-hydrogen) atoms. The lowest BCUT2D eigenvalue weighted by Crippen LogP contribution is -2.46. The second-order valence-corrected chi connectivity index (χ2v) is 7.10. The number of hydrogen-bond acceptors (Lipinski definition) is 3. The van der Waals surface area contributed by atoms with Crippen molar-refractivity contribution in [3.05, 3.63) is 30.1 Å². The summed E-state index contributed by atoms with van der Waals surface area (Å²) in [5, 5.41) is 4.40. The smallest absolute Gasteiger partial charge is 0.277 e. The Bertz CT molecular complexity index is 614. The summed E-state index contributed by atoms with van der Waals surface area (Å²) in [5.41, 5.74) is 3.78. The number of hydrazone groups is 1. The van der Waals surface area contributed by atoms with Crippen molar-refractivity contribution < 1.29 is 13.9 Å². The molecule has 0 saturated heterocycles. The van der Waals surface area contributed by atoms with Gasteiger partial charge in [-0.25, -0.2) is 9.82 Å². The minimum atomic E-state index is -0.465. The van der Waals surface area contributed by atoms with Crippen molar-refractivity contribution in [2.24, 2.45) is 28.8 Å². The van der Waals surface area contributed by atoms with E-state index in [4.69, 9.17) is 4.74 Å². The fourth-order valence-corrected chi connectivity index (χ4v) is 4.71. The van der Waals surface area contributed by atoms with Crippen molar-refractivity contribution in [2.75, 3.05) is 6.61 Å². The molecule has 0 radical (unpaired) electrons. The molecule has 4 bridgehead atoms. The van der Waals surface area contributed by atoms with Crippen molar-refractivity contribution in [2.45, 2.75) is 32.1 Å². The van der Waals surface area contributed by atoms with Crippen LogP contribution in [0.3, 0.4) is 0 Å². The summed E-state index contributed by atoms with van der Waals surface area (Å²) < 4.78 is 18.6. The van der Waals surface area contributed by atoms with Crippen molar-refractivity contribution in [1.29, 1.82) is 0 Å². The van der Waals surface area contributed by atoms with Crippen LogP contribution in [0.25, 0.3) is 0 Å². The standard InChI is InChI=1S/C18H21FN2O2/c19-15-3-1-2-4-16(15)23-10-17(22)20-21-18-13-6-11-5-12(8-13)9-14(18)7-11/h1-4,11-14H,5-10H2,(H,20,22). The Balaban J connectivity index is 1.34. The highest BCUT2D eigenvalue weighted by Gasteiger charge is 2.46. The normalized spacial score (nSPS) is 31.1. The summed E-state index contributed by atoms with van der Waals surface area (Å²) in [6, 6.07) is 6.07. The van der Waals surface area contributed by atoms with Gasteiger partial charge in [-0.3, -0.25) is 4.79 Å². The number of benzene rings is 1. The topological polar surface area (TPSA) is 50.7 Å². The van der Waals surface area contributed by atoms with Crippen LogP contribution in [0.5, 0.6) is 5.75 Å². The zero-order valence-corrected chi connectivity index (χ0v) is 13.0. The molecule has 0 heterocycles. The number of ether oxygens (including phenoxy) is 1. The lowest BCUT2D eigenvalue weighted by molar-refractivity contribution is -0.123. The second-order valence-electron chi connectivity index (χ2n) is 7.10. The summed E-state index contributed by atoms with van der Waals surface area (Å²) in [4.78, 5) is 11.9. The lowest BCUT2D eigenvalue weighted by Gasteiger charge is -2.50. The first-order valence-corrected chi connectivity index (χ1v) is 8.42. The minimum absolute atomic E-state index is 0.0879. The van der Waals surface area contributed by atoms with Crippen LogP contribution >= 0.6 is 0 Å². The molecule has 4 aliphatic rings. The SMILES string of the molecule is O=C(COc1ccccc1F)NN=C1C2CC3CC(C2)CC1C3. The van der Waals surface area contributed by atoms with E-state index >= 15 is 0 Å².